The maximum Gasteiger partial charge on any atom is 0.335 e. The summed E-state index contributed by atoms with van der Waals surface area (Å²) in [6.07, 6.45) is 1.36. The molecule has 0 amide bonds. The zero-order valence-corrected chi connectivity index (χ0v) is 13.1. The minimum Gasteiger partial charge on any atom is -0.455 e. The van der Waals surface area contributed by atoms with Gasteiger partial charge >= 0.3 is 5.97 Å². The van der Waals surface area contributed by atoms with Crippen LogP contribution in [0.3, 0.4) is 0 Å². The summed E-state index contributed by atoms with van der Waals surface area (Å²) in [6, 6.07) is 3.61. The van der Waals surface area contributed by atoms with Crippen molar-refractivity contribution in [3.8, 4) is 0 Å². The van der Waals surface area contributed by atoms with E-state index in [2.05, 4.69) is 0 Å². The second kappa shape index (κ2) is 7.68. The van der Waals surface area contributed by atoms with E-state index in [0.717, 1.165) is 24.3 Å². The fourth-order valence-electron chi connectivity index (χ4n) is 2.01. The molecule has 0 saturated carbocycles. The van der Waals surface area contributed by atoms with Crippen LogP contribution in [0.1, 0.15) is 34.3 Å². The van der Waals surface area contributed by atoms with Crippen molar-refractivity contribution in [2.75, 3.05) is 19.8 Å². The maximum absolute atomic E-state index is 11.8. The van der Waals surface area contributed by atoms with Gasteiger partial charge in [-0.15, -0.1) is 11.3 Å². The quantitative estimate of drug-likeness (QED) is 0.571. The third kappa shape index (κ3) is 4.91. The van der Waals surface area contributed by atoms with Gasteiger partial charge in [0.1, 0.15) is 0 Å². The third-order valence-corrected chi connectivity index (χ3v) is 4.29. The molecule has 2 unspecified atom stereocenters. The molecule has 1 aliphatic heterocycles. The van der Waals surface area contributed by atoms with Crippen LogP contribution in [-0.4, -0.2) is 43.8 Å². The van der Waals surface area contributed by atoms with Crippen LogP contribution in [0.4, 0.5) is 0 Å². The lowest BCUT2D eigenvalue weighted by molar-refractivity contribution is -0.156. The van der Waals surface area contributed by atoms with Crippen molar-refractivity contribution in [2.24, 2.45) is 0 Å². The number of Topliss-reactive ketones (excluding diaryl/α,β-unsaturated/α-hetero) is 1. The lowest BCUT2D eigenvalue weighted by Gasteiger charge is -2.15. The van der Waals surface area contributed by atoms with Gasteiger partial charge in [0.05, 0.1) is 17.6 Å². The van der Waals surface area contributed by atoms with E-state index in [-0.39, 0.29) is 18.5 Å². The second-order valence-corrected chi connectivity index (χ2v) is 6.34. The zero-order chi connectivity index (χ0) is 15.2. The Labute approximate surface area is 128 Å². The second-order valence-electron chi connectivity index (χ2n) is 5.05. The molecular formula is C15H20O5S. The van der Waals surface area contributed by atoms with E-state index in [0.29, 0.717) is 11.5 Å². The molecule has 2 heterocycles. The minimum atomic E-state index is -0.688. The van der Waals surface area contributed by atoms with Gasteiger partial charge in [0.25, 0.3) is 0 Å². The molecule has 1 aromatic heterocycles. The Bertz CT molecular complexity index is 490. The summed E-state index contributed by atoms with van der Waals surface area (Å²) in [5.41, 5.74) is 0. The van der Waals surface area contributed by atoms with Crippen molar-refractivity contribution >= 4 is 23.1 Å². The van der Waals surface area contributed by atoms with Crippen LogP contribution >= 0.6 is 11.3 Å². The summed E-state index contributed by atoms with van der Waals surface area (Å²) in [4.78, 5) is 25.2. The number of ketones is 1. The Morgan fingerprint density at radius 1 is 1.48 bits per heavy atom. The topological polar surface area (TPSA) is 61.8 Å². The summed E-state index contributed by atoms with van der Waals surface area (Å²) in [5.74, 6) is -0.706. The average Bonchev–Trinajstić information content (AvgIpc) is 3.13. The van der Waals surface area contributed by atoms with Crippen LogP contribution in [0.15, 0.2) is 12.1 Å². The van der Waals surface area contributed by atoms with Crippen molar-refractivity contribution in [2.45, 2.75) is 38.9 Å². The molecule has 0 spiro atoms. The van der Waals surface area contributed by atoms with Crippen LogP contribution in [0.5, 0.6) is 0 Å². The Hall–Kier alpha value is -1.24. The third-order valence-electron chi connectivity index (χ3n) is 3.25. The normalized spacial score (nSPS) is 19.4. The summed E-state index contributed by atoms with van der Waals surface area (Å²) in [7, 11) is 0. The fourth-order valence-corrected chi connectivity index (χ4v) is 2.80. The molecule has 1 fully saturated rings. The van der Waals surface area contributed by atoms with Gasteiger partial charge in [0.15, 0.2) is 12.7 Å². The Kier molecular flexibility index (Phi) is 5.90. The van der Waals surface area contributed by atoms with Crippen molar-refractivity contribution in [3.05, 3.63) is 21.9 Å². The molecule has 5 nitrogen and oxygen atoms in total. The molecule has 0 bridgehead atoms. The molecule has 0 radical (unpaired) electrons. The lowest BCUT2D eigenvalue weighted by Crippen LogP contribution is -2.28. The summed E-state index contributed by atoms with van der Waals surface area (Å²) < 4.78 is 15.8. The van der Waals surface area contributed by atoms with E-state index in [4.69, 9.17) is 14.2 Å². The maximum atomic E-state index is 11.8. The monoisotopic (exact) mass is 312 g/mol. The highest BCUT2D eigenvalue weighted by Gasteiger charge is 2.21. The highest BCUT2D eigenvalue weighted by molar-refractivity contribution is 7.14. The molecule has 21 heavy (non-hydrogen) atoms. The number of rotatable bonds is 7. The van der Waals surface area contributed by atoms with Gasteiger partial charge in [-0.1, -0.05) is 0 Å². The highest BCUT2D eigenvalue weighted by Crippen LogP contribution is 2.16. The SMILES string of the molecule is Cc1ccc(C(=O)COC(=O)C(C)OCC2CCCO2)s1. The number of carbonyl (C=O) groups excluding carboxylic acids is 2. The van der Waals surface area contributed by atoms with Crippen molar-refractivity contribution < 1.29 is 23.8 Å². The first-order valence-electron chi connectivity index (χ1n) is 7.05. The molecule has 1 saturated heterocycles. The van der Waals surface area contributed by atoms with E-state index < -0.39 is 12.1 Å². The summed E-state index contributed by atoms with van der Waals surface area (Å²) in [6.45, 7) is 4.44. The molecule has 0 aromatic carbocycles. The van der Waals surface area contributed by atoms with Crippen LogP contribution in [0.2, 0.25) is 0 Å². The number of hydrogen-bond donors (Lipinski definition) is 0. The van der Waals surface area contributed by atoms with Gasteiger partial charge in [-0.25, -0.2) is 4.79 Å². The van der Waals surface area contributed by atoms with E-state index in [1.54, 1.807) is 13.0 Å². The Balaban J connectivity index is 1.69. The lowest BCUT2D eigenvalue weighted by atomic mass is 10.2. The zero-order valence-electron chi connectivity index (χ0n) is 12.3. The highest BCUT2D eigenvalue weighted by atomic mass is 32.1. The average molecular weight is 312 g/mol. The van der Waals surface area contributed by atoms with Crippen LogP contribution in [0, 0.1) is 6.92 Å². The number of carbonyl (C=O) groups is 2. The van der Waals surface area contributed by atoms with Crippen LogP contribution < -0.4 is 0 Å². The van der Waals surface area contributed by atoms with Gasteiger partial charge in [-0.3, -0.25) is 4.79 Å². The van der Waals surface area contributed by atoms with Gasteiger partial charge in [-0.05, 0) is 38.8 Å². The Morgan fingerprint density at radius 2 is 2.29 bits per heavy atom. The van der Waals surface area contributed by atoms with E-state index in [9.17, 15) is 9.59 Å². The van der Waals surface area contributed by atoms with Gasteiger partial charge < -0.3 is 14.2 Å². The molecular weight excluding hydrogens is 292 g/mol. The van der Waals surface area contributed by atoms with Crippen molar-refractivity contribution in [3.63, 3.8) is 0 Å². The van der Waals surface area contributed by atoms with Gasteiger partial charge in [-0.2, -0.15) is 0 Å². The van der Waals surface area contributed by atoms with Gasteiger partial charge in [0, 0.05) is 11.5 Å². The Morgan fingerprint density at radius 3 is 2.90 bits per heavy atom. The first-order valence-corrected chi connectivity index (χ1v) is 7.87. The number of esters is 1. The molecule has 1 aromatic rings. The van der Waals surface area contributed by atoms with Crippen LogP contribution in [0.25, 0.3) is 0 Å². The van der Waals surface area contributed by atoms with Gasteiger partial charge in [0.2, 0.25) is 5.78 Å². The minimum absolute atomic E-state index is 0.0657. The molecule has 0 aliphatic carbocycles. The fraction of sp³-hybridized carbons (Fsp3) is 0.600. The van der Waals surface area contributed by atoms with E-state index in [1.807, 2.05) is 13.0 Å². The molecule has 116 valence electrons. The van der Waals surface area contributed by atoms with Crippen molar-refractivity contribution in [1.82, 2.24) is 0 Å². The summed E-state index contributed by atoms with van der Waals surface area (Å²) in [5, 5.41) is 0. The van der Waals surface area contributed by atoms with E-state index >= 15 is 0 Å². The standard InChI is InChI=1S/C15H20O5S/c1-10-5-6-14(21-10)13(16)9-20-15(17)11(2)19-8-12-4-3-7-18-12/h5-6,11-12H,3-4,7-9H2,1-2H3. The number of thiophene rings is 1. The van der Waals surface area contributed by atoms with Crippen LogP contribution in [-0.2, 0) is 19.0 Å². The predicted octanol–water partition coefficient (Wildman–Crippen LogP) is 2.37. The molecule has 1 aliphatic rings. The first-order chi connectivity index (χ1) is 10.1. The number of hydrogen-bond acceptors (Lipinski definition) is 6. The predicted molar refractivity (Wildman–Crippen MR) is 78.7 cm³/mol. The number of aryl methyl sites for hydroxylation is 1. The van der Waals surface area contributed by atoms with E-state index in [1.165, 1.54) is 11.3 Å². The first kappa shape index (κ1) is 16.1. The largest absolute Gasteiger partial charge is 0.455 e. The molecule has 6 heteroatoms. The smallest absolute Gasteiger partial charge is 0.335 e. The summed E-state index contributed by atoms with van der Waals surface area (Å²) >= 11 is 1.39. The molecule has 2 atom stereocenters. The molecule has 0 N–H and O–H groups in total. The molecule has 2 rings (SSSR count). The van der Waals surface area contributed by atoms with Crippen molar-refractivity contribution in [1.29, 1.82) is 0 Å². The number of ether oxygens (including phenoxy) is 3.